The molecule has 1 atom stereocenters. The average molecular weight is 620 g/mol. The first-order chi connectivity index (χ1) is 21.3. The van der Waals surface area contributed by atoms with Crippen molar-refractivity contribution in [3.8, 4) is 5.75 Å². The minimum Gasteiger partial charge on any atom is -0.490 e. The summed E-state index contributed by atoms with van der Waals surface area (Å²) in [6.45, 7) is 2.08. The third kappa shape index (κ3) is 8.43. The summed E-state index contributed by atoms with van der Waals surface area (Å²) in [5, 5.41) is 2.66. The molecule has 0 saturated carbocycles. The Morgan fingerprint density at radius 1 is 0.750 bits per heavy atom. The molecule has 0 bridgehead atoms. The molecular formula is C28H33N3O13. The van der Waals surface area contributed by atoms with Crippen LogP contribution in [0.3, 0.4) is 0 Å². The fraction of sp³-hybridized carbons (Fsp3) is 0.536. The van der Waals surface area contributed by atoms with Gasteiger partial charge in [0.05, 0.1) is 70.4 Å². The number of ether oxygens (including phenoxy) is 5. The number of carbonyl (C=O) groups excluding carboxylic acids is 7. The lowest BCUT2D eigenvalue weighted by Crippen LogP contribution is -2.54. The van der Waals surface area contributed by atoms with Gasteiger partial charge in [0, 0.05) is 19.3 Å². The van der Waals surface area contributed by atoms with Crippen molar-refractivity contribution in [3.05, 3.63) is 29.3 Å². The largest absolute Gasteiger partial charge is 0.490 e. The number of amides is 6. The zero-order valence-corrected chi connectivity index (χ0v) is 23.9. The summed E-state index contributed by atoms with van der Waals surface area (Å²) in [6.07, 6.45) is 0.0638. The van der Waals surface area contributed by atoms with Crippen molar-refractivity contribution in [1.29, 1.82) is 0 Å². The lowest BCUT2D eigenvalue weighted by molar-refractivity contribution is -0.198. The van der Waals surface area contributed by atoms with E-state index in [1.165, 1.54) is 6.07 Å². The van der Waals surface area contributed by atoms with Crippen LogP contribution in [0, 0.1) is 0 Å². The van der Waals surface area contributed by atoms with Gasteiger partial charge in [-0.05, 0) is 18.6 Å². The Balaban J connectivity index is 1.00. The van der Waals surface area contributed by atoms with Gasteiger partial charge in [0.25, 0.3) is 23.6 Å². The van der Waals surface area contributed by atoms with Crippen molar-refractivity contribution in [2.45, 2.75) is 38.1 Å². The Bertz CT molecular complexity index is 1270. The summed E-state index contributed by atoms with van der Waals surface area (Å²) in [7, 11) is 0. The molecule has 16 heteroatoms. The minimum atomic E-state index is -1.05. The van der Waals surface area contributed by atoms with Crippen LogP contribution in [0.1, 0.15) is 52.8 Å². The number of rotatable bonds is 18. The van der Waals surface area contributed by atoms with Crippen molar-refractivity contribution in [3.63, 3.8) is 0 Å². The monoisotopic (exact) mass is 619 g/mol. The predicted octanol–water partition coefficient (Wildman–Crippen LogP) is -0.470. The van der Waals surface area contributed by atoms with Gasteiger partial charge in [0.2, 0.25) is 11.8 Å². The Morgan fingerprint density at radius 2 is 1.34 bits per heavy atom. The number of nitrogens with one attached hydrogen (secondary N) is 1. The molecule has 4 rings (SSSR count). The lowest BCUT2D eigenvalue weighted by Gasteiger charge is -2.27. The van der Waals surface area contributed by atoms with E-state index in [1.807, 2.05) is 0 Å². The van der Waals surface area contributed by atoms with Crippen LogP contribution in [0.2, 0.25) is 0 Å². The molecule has 0 spiro atoms. The van der Waals surface area contributed by atoms with E-state index in [2.05, 4.69) is 5.32 Å². The molecule has 1 aromatic carbocycles. The van der Waals surface area contributed by atoms with E-state index < -0.39 is 47.5 Å². The Kier molecular flexibility index (Phi) is 11.9. The summed E-state index contributed by atoms with van der Waals surface area (Å²) >= 11 is 0. The molecule has 2 saturated heterocycles. The van der Waals surface area contributed by atoms with E-state index in [9.17, 15) is 33.6 Å². The van der Waals surface area contributed by atoms with Crippen LogP contribution in [0.25, 0.3) is 0 Å². The summed E-state index contributed by atoms with van der Waals surface area (Å²) < 4.78 is 27.2. The van der Waals surface area contributed by atoms with Gasteiger partial charge >= 0.3 is 5.97 Å². The smallest absolute Gasteiger partial charge is 0.335 e. The van der Waals surface area contributed by atoms with E-state index in [0.717, 1.165) is 4.90 Å². The Morgan fingerprint density at radius 3 is 1.95 bits per heavy atom. The van der Waals surface area contributed by atoms with Gasteiger partial charge < -0.3 is 28.5 Å². The van der Waals surface area contributed by atoms with Crippen molar-refractivity contribution in [1.82, 2.24) is 15.3 Å². The molecule has 6 amide bonds. The normalized spacial score (nSPS) is 18.2. The van der Waals surface area contributed by atoms with E-state index in [4.69, 9.17) is 28.5 Å². The maximum Gasteiger partial charge on any atom is 0.335 e. The SMILES string of the molecule is O=C1CCC(N2C(=O)c3cccc(OCCOCCOCCOCCOCCC(=O)ON4C(=O)CCC4=O)c3C2=O)C(=O)N1. The zero-order chi connectivity index (χ0) is 31.5. The zero-order valence-electron chi connectivity index (χ0n) is 23.9. The molecule has 3 heterocycles. The predicted molar refractivity (Wildman–Crippen MR) is 144 cm³/mol. The van der Waals surface area contributed by atoms with Crippen molar-refractivity contribution >= 4 is 41.4 Å². The van der Waals surface area contributed by atoms with Gasteiger partial charge in [-0.15, -0.1) is 5.06 Å². The summed E-state index contributed by atoms with van der Waals surface area (Å²) in [6, 6.07) is 3.57. The van der Waals surface area contributed by atoms with Crippen molar-refractivity contribution in [2.24, 2.45) is 0 Å². The van der Waals surface area contributed by atoms with Crippen LogP contribution in [0.5, 0.6) is 5.75 Å². The second-order valence-electron chi connectivity index (χ2n) is 9.72. The van der Waals surface area contributed by atoms with E-state index in [-0.39, 0.29) is 88.6 Å². The summed E-state index contributed by atoms with van der Waals surface area (Å²) in [4.78, 5) is 89.7. The Hall–Kier alpha value is -4.25. The van der Waals surface area contributed by atoms with Gasteiger partial charge in [-0.25, -0.2) is 4.79 Å². The number of hydrogen-bond acceptors (Lipinski definition) is 13. The molecular weight excluding hydrogens is 586 g/mol. The Labute approximate surface area is 251 Å². The molecule has 2 fully saturated rings. The van der Waals surface area contributed by atoms with Gasteiger partial charge in [-0.3, -0.25) is 39.0 Å². The van der Waals surface area contributed by atoms with Gasteiger partial charge in [-0.2, -0.15) is 0 Å². The fourth-order valence-electron chi connectivity index (χ4n) is 4.54. The first-order valence-electron chi connectivity index (χ1n) is 14.1. The lowest BCUT2D eigenvalue weighted by atomic mass is 10.0. The van der Waals surface area contributed by atoms with E-state index in [1.54, 1.807) is 12.1 Å². The first kappa shape index (κ1) is 32.7. The number of hydroxylamine groups is 2. The highest BCUT2D eigenvalue weighted by atomic mass is 16.7. The number of piperidine rings is 1. The second-order valence-corrected chi connectivity index (χ2v) is 9.72. The molecule has 44 heavy (non-hydrogen) atoms. The quantitative estimate of drug-likeness (QED) is 0.164. The molecule has 16 nitrogen and oxygen atoms in total. The molecule has 3 aliphatic rings. The standard InChI is InChI=1S/C28H33N3O13/c32-21-5-4-19(26(36)29-21)30-27(37)18-2-1-3-20(25(18)28(30)38)43-17-16-42-15-14-41-13-12-40-11-10-39-9-8-24(35)44-31-22(33)6-7-23(31)34/h1-3,19H,4-17H2,(H,29,32,36). The number of fused-ring (bicyclic) bond motifs is 1. The molecule has 0 aliphatic carbocycles. The molecule has 1 aromatic rings. The molecule has 1 unspecified atom stereocenters. The average Bonchev–Trinajstić information content (AvgIpc) is 3.45. The van der Waals surface area contributed by atoms with Crippen LogP contribution in [-0.4, -0.2) is 117 Å². The highest BCUT2D eigenvalue weighted by Crippen LogP contribution is 2.33. The fourth-order valence-corrected chi connectivity index (χ4v) is 4.54. The van der Waals surface area contributed by atoms with Crippen LogP contribution in [-0.2, 0) is 47.8 Å². The van der Waals surface area contributed by atoms with Crippen LogP contribution in [0.15, 0.2) is 18.2 Å². The summed E-state index contributed by atoms with van der Waals surface area (Å²) in [5.41, 5.74) is 0.210. The molecule has 0 radical (unpaired) electrons. The highest BCUT2D eigenvalue weighted by molar-refractivity contribution is 6.24. The molecule has 3 aliphatic heterocycles. The maximum absolute atomic E-state index is 13.1. The van der Waals surface area contributed by atoms with Gasteiger partial charge in [0.15, 0.2) is 0 Å². The third-order valence-electron chi connectivity index (χ3n) is 6.68. The minimum absolute atomic E-state index is 0.0357. The van der Waals surface area contributed by atoms with E-state index >= 15 is 0 Å². The van der Waals surface area contributed by atoms with E-state index in [0.29, 0.717) is 24.9 Å². The topological polar surface area (TPSA) is 193 Å². The van der Waals surface area contributed by atoms with Gasteiger partial charge in [-0.1, -0.05) is 6.07 Å². The number of imide groups is 3. The number of benzene rings is 1. The van der Waals surface area contributed by atoms with Gasteiger partial charge in [0.1, 0.15) is 18.4 Å². The molecule has 0 aromatic heterocycles. The maximum atomic E-state index is 13.1. The van der Waals surface area contributed by atoms with Crippen LogP contribution in [0.4, 0.5) is 0 Å². The number of hydrogen-bond donors (Lipinski definition) is 1. The molecule has 238 valence electrons. The third-order valence-corrected chi connectivity index (χ3v) is 6.68. The summed E-state index contributed by atoms with van der Waals surface area (Å²) in [5.74, 6) is -3.98. The second kappa shape index (κ2) is 16.0. The first-order valence-corrected chi connectivity index (χ1v) is 14.1. The highest BCUT2D eigenvalue weighted by Gasteiger charge is 2.46. The van der Waals surface area contributed by atoms with Crippen molar-refractivity contribution < 1.29 is 62.1 Å². The van der Waals surface area contributed by atoms with Crippen molar-refractivity contribution in [2.75, 3.05) is 59.5 Å². The molecule has 1 N–H and O–H groups in total. The van der Waals surface area contributed by atoms with Crippen LogP contribution >= 0.6 is 0 Å². The number of nitrogens with zero attached hydrogens (tertiary/aromatic N) is 2. The number of carbonyl (C=O) groups is 7. The van der Waals surface area contributed by atoms with Crippen LogP contribution < -0.4 is 10.1 Å².